The number of carboxylic acids is 2. The van der Waals surface area contributed by atoms with Crippen LogP contribution in [0.5, 0.6) is 0 Å². The fraction of sp³-hybridized carbons (Fsp3) is 0.714. The van der Waals surface area contributed by atoms with E-state index in [-0.39, 0.29) is 0 Å². The highest BCUT2D eigenvalue weighted by Crippen LogP contribution is 2.53. The average Bonchev–Trinajstić information content (AvgIpc) is 2.08. The largest absolute Gasteiger partial charge is 0.481 e. The zero-order valence-electron chi connectivity index (χ0n) is 10.5. The predicted molar refractivity (Wildman–Crippen MR) is 69.4 cm³/mol. The van der Waals surface area contributed by atoms with Crippen LogP contribution in [0.2, 0.25) is 0 Å². The van der Waals surface area contributed by atoms with Crippen LogP contribution in [-0.4, -0.2) is 69.3 Å². The Morgan fingerprint density at radius 2 is 1.24 bits per heavy atom. The molecule has 0 saturated heterocycles. The molecule has 0 aliphatic carbocycles. The maximum absolute atomic E-state index is 11.2. The van der Waals surface area contributed by atoms with Crippen LogP contribution in [0.4, 0.5) is 0 Å². The van der Waals surface area contributed by atoms with Gasteiger partial charge in [-0.2, -0.15) is 0 Å². The molecule has 124 valence electrons. The van der Waals surface area contributed by atoms with Gasteiger partial charge in [-0.25, -0.2) is 0 Å². The molecular formula is C7H14O11P2S. The van der Waals surface area contributed by atoms with Crippen LogP contribution < -0.4 is 0 Å². The van der Waals surface area contributed by atoms with Crippen molar-refractivity contribution in [1.82, 2.24) is 0 Å². The van der Waals surface area contributed by atoms with E-state index in [1.165, 1.54) is 0 Å². The Balaban J connectivity index is 6.13. The summed E-state index contributed by atoms with van der Waals surface area (Å²) in [6, 6.07) is 0. The van der Waals surface area contributed by atoms with Crippen LogP contribution in [-0.2, 0) is 29.5 Å². The molecule has 3 atom stereocenters. The highest BCUT2D eigenvalue weighted by Gasteiger charge is 2.53. The lowest BCUT2D eigenvalue weighted by molar-refractivity contribution is -0.140. The van der Waals surface area contributed by atoms with Gasteiger partial charge in [0, 0.05) is 28.7 Å². The summed E-state index contributed by atoms with van der Waals surface area (Å²) in [5.41, 5.74) is -5.40. The first kappa shape index (κ1) is 20.4. The molecular weight excluding hydrogens is 354 g/mol. The number of aliphatic carboxylic acids is 2. The third-order valence-electron chi connectivity index (χ3n) is 2.47. The third kappa shape index (κ3) is 5.95. The molecule has 14 heteroatoms. The molecule has 3 unspecified atom stereocenters. The van der Waals surface area contributed by atoms with Crippen LogP contribution in [0, 0.1) is 5.92 Å². The number of rotatable bonds is 8. The maximum Gasteiger partial charge on any atom is 0.340 e. The Morgan fingerprint density at radius 1 is 0.952 bits per heavy atom. The topological polar surface area (TPSA) is 207 Å². The van der Waals surface area contributed by atoms with E-state index in [0.29, 0.717) is 0 Å². The molecule has 0 aromatic carbocycles. The van der Waals surface area contributed by atoms with Crippen molar-refractivity contribution in [3.8, 4) is 0 Å². The quantitative estimate of drug-likeness (QED) is 0.265. The summed E-state index contributed by atoms with van der Waals surface area (Å²) < 4.78 is 33.6. The first-order valence-corrected chi connectivity index (χ1v) is 10.1. The normalized spacial score (nSPS) is 18.5. The molecule has 21 heavy (non-hydrogen) atoms. The Bertz CT molecular complexity index is 493. The predicted octanol–water partition coefficient (Wildman–Crippen LogP) is -1.76. The zero-order chi connectivity index (χ0) is 17.2. The summed E-state index contributed by atoms with van der Waals surface area (Å²) in [6.45, 7) is 0. The molecule has 6 N–H and O–H groups in total. The van der Waals surface area contributed by atoms with Crippen LogP contribution in [0.1, 0.15) is 0 Å². The van der Waals surface area contributed by atoms with E-state index in [0.717, 1.165) is 6.26 Å². The van der Waals surface area contributed by atoms with Gasteiger partial charge in [0.25, 0.3) is 0 Å². The second-order valence-corrected chi connectivity index (χ2v) is 9.10. The van der Waals surface area contributed by atoms with Crippen molar-refractivity contribution in [2.24, 2.45) is 5.92 Å². The fourth-order valence-corrected chi connectivity index (χ4v) is 5.26. The molecule has 0 aromatic heterocycles. The van der Waals surface area contributed by atoms with E-state index in [1.54, 1.807) is 0 Å². The summed E-state index contributed by atoms with van der Waals surface area (Å²) in [4.78, 5) is 58.0. The summed E-state index contributed by atoms with van der Waals surface area (Å²) in [6.07, 6.45) is 0.976. The smallest absolute Gasteiger partial charge is 0.340 e. The summed E-state index contributed by atoms with van der Waals surface area (Å²) in [5, 5.41) is 17.7. The molecule has 0 aliphatic rings. The lowest BCUT2D eigenvalue weighted by Crippen LogP contribution is -2.44. The maximum atomic E-state index is 11.2. The van der Waals surface area contributed by atoms with Crippen molar-refractivity contribution in [2.45, 2.75) is 11.3 Å². The highest BCUT2D eigenvalue weighted by molar-refractivity contribution is 7.84. The molecule has 0 amide bonds. The molecule has 0 bridgehead atoms. The average molecular weight is 368 g/mol. The molecule has 11 nitrogen and oxygen atoms in total. The van der Waals surface area contributed by atoms with Crippen molar-refractivity contribution in [1.29, 1.82) is 0 Å². The third-order valence-corrected chi connectivity index (χ3v) is 5.98. The van der Waals surface area contributed by atoms with Gasteiger partial charge in [-0.15, -0.1) is 0 Å². The lowest BCUT2D eigenvalue weighted by atomic mass is 10.0. The number of hydrogen-bond donors (Lipinski definition) is 6. The summed E-state index contributed by atoms with van der Waals surface area (Å²) in [5.74, 6) is -7.41. The number of carboxylic acid groups (broad SMARTS) is 2. The van der Waals surface area contributed by atoms with E-state index in [9.17, 15) is 22.9 Å². The Morgan fingerprint density at radius 3 is 1.38 bits per heavy atom. The minimum Gasteiger partial charge on any atom is -0.481 e. The van der Waals surface area contributed by atoms with E-state index in [2.05, 4.69) is 0 Å². The van der Waals surface area contributed by atoms with Crippen LogP contribution in [0.15, 0.2) is 0 Å². The van der Waals surface area contributed by atoms with Gasteiger partial charge in [0.2, 0.25) is 0 Å². The minimum absolute atomic E-state index is 0.913. The van der Waals surface area contributed by atoms with Crippen molar-refractivity contribution >= 4 is 37.9 Å². The standard InChI is InChI=1S/C7H14O11P2S/c1-21(18)2-3(4(6(8)9)19(12,13)14)5(7(10)11)20(15,16)17/h3-5H,2H2,1H3,(H,8,9)(H,10,11)(H2,12,13,14)(H2,15,16,17). The van der Waals surface area contributed by atoms with E-state index < -0.39 is 60.9 Å². The first-order chi connectivity index (χ1) is 9.19. The van der Waals surface area contributed by atoms with Crippen molar-refractivity contribution in [3.63, 3.8) is 0 Å². The monoisotopic (exact) mass is 368 g/mol. The van der Waals surface area contributed by atoms with Gasteiger partial charge in [-0.05, 0) is 0 Å². The van der Waals surface area contributed by atoms with Gasteiger partial charge in [0.15, 0.2) is 11.3 Å². The van der Waals surface area contributed by atoms with Gasteiger partial charge < -0.3 is 29.8 Å². The minimum atomic E-state index is -5.45. The number of carbonyl (C=O) groups is 2. The molecule has 0 spiro atoms. The molecule has 0 radical (unpaired) electrons. The van der Waals surface area contributed by atoms with E-state index in [4.69, 9.17) is 29.8 Å². The number of hydrogen-bond acceptors (Lipinski definition) is 5. The molecule has 0 aromatic rings. The molecule has 0 saturated carbocycles. The Labute approximate surface area is 120 Å². The summed E-state index contributed by atoms with van der Waals surface area (Å²) >= 11 is 0. The van der Waals surface area contributed by atoms with Gasteiger partial charge in [-0.3, -0.25) is 22.9 Å². The van der Waals surface area contributed by atoms with Crippen LogP contribution >= 0.6 is 15.2 Å². The van der Waals surface area contributed by atoms with Gasteiger partial charge in [-0.1, -0.05) is 0 Å². The Kier molecular flexibility index (Phi) is 6.89. The van der Waals surface area contributed by atoms with Gasteiger partial charge >= 0.3 is 27.1 Å². The van der Waals surface area contributed by atoms with E-state index in [1.807, 2.05) is 0 Å². The van der Waals surface area contributed by atoms with Crippen molar-refractivity contribution in [2.75, 3.05) is 12.0 Å². The molecule has 0 fully saturated rings. The van der Waals surface area contributed by atoms with Crippen molar-refractivity contribution < 1.29 is 52.7 Å². The van der Waals surface area contributed by atoms with Crippen LogP contribution in [0.3, 0.4) is 0 Å². The molecule has 0 rings (SSSR count). The first-order valence-electron chi connectivity index (χ1n) is 5.05. The second kappa shape index (κ2) is 7.10. The molecule has 0 heterocycles. The van der Waals surface area contributed by atoms with Gasteiger partial charge in [0.1, 0.15) is 0 Å². The summed E-state index contributed by atoms with van der Waals surface area (Å²) in [7, 11) is -12.8. The van der Waals surface area contributed by atoms with Crippen molar-refractivity contribution in [3.05, 3.63) is 0 Å². The lowest BCUT2D eigenvalue weighted by Gasteiger charge is -2.29. The van der Waals surface area contributed by atoms with E-state index >= 15 is 0 Å². The highest BCUT2D eigenvalue weighted by atomic mass is 32.2. The second-order valence-electron chi connectivity index (χ2n) is 4.15. The SMILES string of the molecule is CS(=O)CC(C(C(=O)O)P(=O)(O)O)C(C(=O)O)P(=O)(O)O. The van der Waals surface area contributed by atoms with Crippen LogP contribution in [0.25, 0.3) is 0 Å². The van der Waals surface area contributed by atoms with Gasteiger partial charge in [0.05, 0.1) is 0 Å². The Hall–Kier alpha value is -0.610. The zero-order valence-corrected chi connectivity index (χ0v) is 13.1. The fourth-order valence-electron chi connectivity index (χ4n) is 1.78. The molecule has 0 aliphatic heterocycles.